The SMILES string of the molecule is CCc1ccc(Nc2ncc(Cc3ccc(O)nc3)c3ncccc23)cc1Br. The summed E-state index contributed by atoms with van der Waals surface area (Å²) in [7, 11) is 0. The summed E-state index contributed by atoms with van der Waals surface area (Å²) in [6, 6.07) is 13.6. The minimum Gasteiger partial charge on any atom is -0.493 e. The highest BCUT2D eigenvalue weighted by molar-refractivity contribution is 9.10. The molecule has 0 fully saturated rings. The lowest BCUT2D eigenvalue weighted by Crippen LogP contribution is -2.00. The summed E-state index contributed by atoms with van der Waals surface area (Å²) in [6.07, 6.45) is 6.93. The summed E-state index contributed by atoms with van der Waals surface area (Å²) >= 11 is 3.63. The van der Waals surface area contributed by atoms with Crippen molar-refractivity contribution in [2.75, 3.05) is 5.32 Å². The van der Waals surface area contributed by atoms with Gasteiger partial charge in [-0.15, -0.1) is 0 Å². The summed E-state index contributed by atoms with van der Waals surface area (Å²) in [4.78, 5) is 13.2. The van der Waals surface area contributed by atoms with Gasteiger partial charge in [-0.3, -0.25) is 4.98 Å². The van der Waals surface area contributed by atoms with Gasteiger partial charge < -0.3 is 10.4 Å². The van der Waals surface area contributed by atoms with Crippen LogP contribution in [0.25, 0.3) is 10.9 Å². The number of rotatable bonds is 5. The van der Waals surface area contributed by atoms with Crippen molar-refractivity contribution in [2.45, 2.75) is 19.8 Å². The molecule has 3 heterocycles. The Morgan fingerprint density at radius 3 is 2.64 bits per heavy atom. The number of halogens is 1. The molecular weight excluding hydrogens is 416 g/mol. The van der Waals surface area contributed by atoms with Crippen molar-refractivity contribution in [3.05, 3.63) is 82.2 Å². The molecule has 0 spiro atoms. The minimum absolute atomic E-state index is 0.0182. The van der Waals surface area contributed by atoms with Crippen molar-refractivity contribution in [3.8, 4) is 5.88 Å². The van der Waals surface area contributed by atoms with Gasteiger partial charge in [0.1, 0.15) is 5.82 Å². The normalized spacial score (nSPS) is 10.9. The van der Waals surface area contributed by atoms with Gasteiger partial charge >= 0.3 is 0 Å². The quantitative estimate of drug-likeness (QED) is 0.440. The Balaban J connectivity index is 1.69. The van der Waals surface area contributed by atoms with Gasteiger partial charge in [-0.1, -0.05) is 35.0 Å². The largest absolute Gasteiger partial charge is 0.493 e. The van der Waals surface area contributed by atoms with E-state index < -0.39 is 0 Å². The molecule has 0 atom stereocenters. The average Bonchev–Trinajstić information content (AvgIpc) is 2.71. The Hall–Kier alpha value is -2.99. The number of aryl methyl sites for hydroxylation is 1. The fraction of sp³-hybridized carbons (Fsp3) is 0.136. The molecule has 0 aliphatic rings. The van der Waals surface area contributed by atoms with Gasteiger partial charge in [-0.2, -0.15) is 0 Å². The molecule has 5 nitrogen and oxygen atoms in total. The van der Waals surface area contributed by atoms with E-state index in [-0.39, 0.29) is 5.88 Å². The maximum atomic E-state index is 9.38. The van der Waals surface area contributed by atoms with E-state index in [1.807, 2.05) is 24.4 Å². The van der Waals surface area contributed by atoms with Crippen molar-refractivity contribution in [3.63, 3.8) is 0 Å². The summed E-state index contributed by atoms with van der Waals surface area (Å²) in [5, 5.41) is 13.7. The number of nitrogens with zero attached hydrogens (tertiary/aromatic N) is 3. The fourth-order valence-corrected chi connectivity index (χ4v) is 3.80. The molecule has 28 heavy (non-hydrogen) atoms. The van der Waals surface area contributed by atoms with Gasteiger partial charge in [0.2, 0.25) is 5.88 Å². The van der Waals surface area contributed by atoms with Gasteiger partial charge in [0.05, 0.1) is 5.52 Å². The van der Waals surface area contributed by atoms with Gasteiger partial charge in [-0.25, -0.2) is 9.97 Å². The lowest BCUT2D eigenvalue weighted by molar-refractivity contribution is 0.453. The highest BCUT2D eigenvalue weighted by Crippen LogP contribution is 2.29. The Morgan fingerprint density at radius 1 is 1.00 bits per heavy atom. The van der Waals surface area contributed by atoms with Crippen LogP contribution >= 0.6 is 15.9 Å². The van der Waals surface area contributed by atoms with Crippen LogP contribution in [0.4, 0.5) is 11.5 Å². The van der Waals surface area contributed by atoms with Crippen LogP contribution in [-0.4, -0.2) is 20.1 Å². The van der Waals surface area contributed by atoms with E-state index in [0.717, 1.165) is 44.4 Å². The number of hydrogen-bond donors (Lipinski definition) is 2. The van der Waals surface area contributed by atoms with Crippen LogP contribution in [0.15, 0.2) is 65.5 Å². The first-order chi connectivity index (χ1) is 13.6. The number of benzene rings is 1. The van der Waals surface area contributed by atoms with Crippen LogP contribution in [0.1, 0.15) is 23.6 Å². The predicted molar refractivity (Wildman–Crippen MR) is 115 cm³/mol. The van der Waals surface area contributed by atoms with Crippen molar-refractivity contribution in [2.24, 2.45) is 0 Å². The van der Waals surface area contributed by atoms with Crippen molar-refractivity contribution in [1.82, 2.24) is 15.0 Å². The summed E-state index contributed by atoms with van der Waals surface area (Å²) in [6.45, 7) is 2.14. The number of pyridine rings is 3. The Morgan fingerprint density at radius 2 is 1.89 bits per heavy atom. The molecule has 4 rings (SSSR count). The summed E-state index contributed by atoms with van der Waals surface area (Å²) < 4.78 is 1.08. The Kier molecular flexibility index (Phi) is 5.21. The molecule has 0 saturated heterocycles. The van der Waals surface area contributed by atoms with E-state index in [0.29, 0.717) is 6.42 Å². The van der Waals surface area contributed by atoms with Gasteiger partial charge in [0, 0.05) is 52.2 Å². The van der Waals surface area contributed by atoms with Crippen LogP contribution < -0.4 is 5.32 Å². The van der Waals surface area contributed by atoms with Crippen molar-refractivity contribution >= 4 is 38.3 Å². The smallest absolute Gasteiger partial charge is 0.210 e. The molecule has 0 radical (unpaired) electrons. The second kappa shape index (κ2) is 7.94. The maximum absolute atomic E-state index is 9.38. The first-order valence-corrected chi connectivity index (χ1v) is 9.85. The molecule has 0 amide bonds. The van der Waals surface area contributed by atoms with E-state index in [1.54, 1.807) is 18.5 Å². The zero-order chi connectivity index (χ0) is 19.5. The van der Waals surface area contributed by atoms with E-state index in [4.69, 9.17) is 0 Å². The Bertz CT molecular complexity index is 1130. The molecule has 1 aromatic carbocycles. The zero-order valence-corrected chi connectivity index (χ0v) is 16.9. The molecular formula is C22H19BrN4O. The second-order valence-electron chi connectivity index (χ2n) is 6.52. The average molecular weight is 435 g/mol. The van der Waals surface area contributed by atoms with E-state index in [1.165, 1.54) is 5.56 Å². The molecule has 3 aromatic heterocycles. The highest BCUT2D eigenvalue weighted by Gasteiger charge is 2.10. The lowest BCUT2D eigenvalue weighted by Gasteiger charge is -2.12. The van der Waals surface area contributed by atoms with Gasteiger partial charge in [0.25, 0.3) is 0 Å². The number of hydrogen-bond acceptors (Lipinski definition) is 5. The van der Waals surface area contributed by atoms with E-state index in [9.17, 15) is 5.11 Å². The number of aromatic hydroxyl groups is 1. The molecule has 6 heteroatoms. The van der Waals surface area contributed by atoms with Crippen LogP contribution in [0.5, 0.6) is 5.88 Å². The minimum atomic E-state index is 0.0182. The zero-order valence-electron chi connectivity index (χ0n) is 15.4. The van der Waals surface area contributed by atoms with Gasteiger partial charge in [-0.05, 0) is 41.8 Å². The van der Waals surface area contributed by atoms with E-state index >= 15 is 0 Å². The molecule has 0 saturated carbocycles. The number of anilines is 2. The molecule has 2 N–H and O–H groups in total. The third kappa shape index (κ3) is 3.82. The molecule has 4 aromatic rings. The Labute approximate surface area is 171 Å². The van der Waals surface area contributed by atoms with Crippen LogP contribution in [-0.2, 0) is 12.8 Å². The summed E-state index contributed by atoms with van der Waals surface area (Å²) in [5.74, 6) is 0.788. The predicted octanol–water partition coefficient (Wildman–Crippen LogP) is 5.39. The molecule has 0 unspecified atom stereocenters. The monoisotopic (exact) mass is 434 g/mol. The third-order valence-corrected chi connectivity index (χ3v) is 5.36. The third-order valence-electron chi connectivity index (χ3n) is 4.62. The number of aromatic nitrogens is 3. The van der Waals surface area contributed by atoms with E-state index in [2.05, 4.69) is 61.3 Å². The standard InChI is InChI=1S/C22H19BrN4O/c1-2-15-6-7-17(11-19(15)23)27-22-18-4-3-9-24-21(18)16(13-26-22)10-14-5-8-20(28)25-12-14/h3-9,11-13H,2,10H2,1H3,(H,25,28)(H,26,27). The van der Waals surface area contributed by atoms with Crippen molar-refractivity contribution < 1.29 is 5.11 Å². The fourth-order valence-electron chi connectivity index (χ4n) is 3.14. The van der Waals surface area contributed by atoms with Crippen LogP contribution in [0, 0.1) is 0 Å². The summed E-state index contributed by atoms with van der Waals surface area (Å²) in [5.41, 5.74) is 5.14. The molecule has 0 aliphatic heterocycles. The first kappa shape index (κ1) is 18.4. The lowest BCUT2D eigenvalue weighted by atomic mass is 10.1. The maximum Gasteiger partial charge on any atom is 0.210 e. The second-order valence-corrected chi connectivity index (χ2v) is 7.37. The number of nitrogens with one attached hydrogen (secondary N) is 1. The topological polar surface area (TPSA) is 70.9 Å². The molecule has 0 aliphatic carbocycles. The van der Waals surface area contributed by atoms with Crippen LogP contribution in [0.2, 0.25) is 0 Å². The highest BCUT2D eigenvalue weighted by atomic mass is 79.9. The van der Waals surface area contributed by atoms with Gasteiger partial charge in [0.15, 0.2) is 0 Å². The van der Waals surface area contributed by atoms with Crippen molar-refractivity contribution in [1.29, 1.82) is 0 Å². The first-order valence-electron chi connectivity index (χ1n) is 9.06. The number of fused-ring (bicyclic) bond motifs is 1. The molecule has 140 valence electrons. The van der Waals surface area contributed by atoms with Crippen LogP contribution in [0.3, 0.4) is 0 Å². The molecule has 0 bridgehead atoms.